The van der Waals surface area contributed by atoms with Crippen LogP contribution in [0.15, 0.2) is 24.3 Å². The largest absolute Gasteiger partial charge is 0.395 e. The van der Waals surface area contributed by atoms with Gasteiger partial charge in [-0.25, -0.2) is 4.39 Å². The fourth-order valence-electron chi connectivity index (χ4n) is 2.48. The molecule has 21 heavy (non-hydrogen) atoms. The van der Waals surface area contributed by atoms with E-state index < -0.39 is 0 Å². The summed E-state index contributed by atoms with van der Waals surface area (Å²) in [5, 5.41) is 11.7. The van der Waals surface area contributed by atoms with Crippen LogP contribution in [0.2, 0.25) is 0 Å². The molecule has 0 atom stereocenters. The van der Waals surface area contributed by atoms with Gasteiger partial charge in [-0.1, -0.05) is 0 Å². The summed E-state index contributed by atoms with van der Waals surface area (Å²) < 4.78 is 12.8. The molecule has 0 aromatic heterocycles. The van der Waals surface area contributed by atoms with Crippen LogP contribution in [0.25, 0.3) is 0 Å². The molecule has 0 radical (unpaired) electrons. The second kappa shape index (κ2) is 8.07. The van der Waals surface area contributed by atoms with Gasteiger partial charge in [-0.3, -0.25) is 14.6 Å². The first-order valence-electron chi connectivity index (χ1n) is 7.28. The van der Waals surface area contributed by atoms with Gasteiger partial charge in [-0.15, -0.1) is 0 Å². The van der Waals surface area contributed by atoms with E-state index in [9.17, 15) is 9.18 Å². The standard InChI is InChI=1S/C15H22FN3O2/c16-13-2-4-14(5-3-13)17-15(21)12-19-7-1-6-18(8-9-19)10-11-20/h2-5,20H,1,6-12H2,(H,17,21). The number of anilines is 1. The lowest BCUT2D eigenvalue weighted by Gasteiger charge is -2.20. The smallest absolute Gasteiger partial charge is 0.238 e. The number of hydrogen-bond acceptors (Lipinski definition) is 4. The number of carbonyl (C=O) groups is 1. The Labute approximate surface area is 124 Å². The summed E-state index contributed by atoms with van der Waals surface area (Å²) >= 11 is 0. The maximum absolute atomic E-state index is 12.8. The molecule has 0 unspecified atom stereocenters. The second-order valence-corrected chi connectivity index (χ2v) is 5.25. The number of hydrogen-bond donors (Lipinski definition) is 2. The molecule has 1 amide bonds. The zero-order valence-corrected chi connectivity index (χ0v) is 12.1. The maximum atomic E-state index is 12.8. The molecule has 2 N–H and O–H groups in total. The van der Waals surface area contributed by atoms with Crippen molar-refractivity contribution in [2.24, 2.45) is 0 Å². The van der Waals surface area contributed by atoms with Gasteiger partial charge in [0.2, 0.25) is 5.91 Å². The Morgan fingerprint density at radius 1 is 1.14 bits per heavy atom. The van der Waals surface area contributed by atoms with E-state index in [1.165, 1.54) is 12.1 Å². The number of aliphatic hydroxyl groups excluding tert-OH is 1. The van der Waals surface area contributed by atoms with Gasteiger partial charge in [0.15, 0.2) is 0 Å². The number of benzene rings is 1. The van der Waals surface area contributed by atoms with E-state index in [-0.39, 0.29) is 18.3 Å². The summed E-state index contributed by atoms with van der Waals surface area (Å²) in [7, 11) is 0. The molecule has 1 saturated heterocycles. The van der Waals surface area contributed by atoms with Gasteiger partial charge in [-0.05, 0) is 43.8 Å². The number of nitrogens with zero attached hydrogens (tertiary/aromatic N) is 2. The average Bonchev–Trinajstić information content (AvgIpc) is 2.67. The Morgan fingerprint density at radius 3 is 2.52 bits per heavy atom. The predicted octanol–water partition coefficient (Wildman–Crippen LogP) is 0.764. The third-order valence-electron chi connectivity index (χ3n) is 3.59. The first kappa shape index (κ1) is 15.9. The third kappa shape index (κ3) is 5.41. The van der Waals surface area contributed by atoms with Crippen molar-refractivity contribution in [1.29, 1.82) is 0 Å². The van der Waals surface area contributed by atoms with Gasteiger partial charge >= 0.3 is 0 Å². The van der Waals surface area contributed by atoms with Crippen LogP contribution in [-0.4, -0.2) is 66.7 Å². The molecule has 1 fully saturated rings. The fourth-order valence-corrected chi connectivity index (χ4v) is 2.48. The first-order valence-corrected chi connectivity index (χ1v) is 7.28. The van der Waals surface area contributed by atoms with Crippen molar-refractivity contribution < 1.29 is 14.3 Å². The van der Waals surface area contributed by atoms with Crippen molar-refractivity contribution in [3.8, 4) is 0 Å². The van der Waals surface area contributed by atoms with Crippen LogP contribution in [0.3, 0.4) is 0 Å². The van der Waals surface area contributed by atoms with E-state index in [0.29, 0.717) is 18.8 Å². The van der Waals surface area contributed by atoms with Crippen LogP contribution in [0, 0.1) is 5.82 Å². The highest BCUT2D eigenvalue weighted by Gasteiger charge is 2.16. The van der Waals surface area contributed by atoms with Crippen molar-refractivity contribution in [3.63, 3.8) is 0 Å². The second-order valence-electron chi connectivity index (χ2n) is 5.25. The van der Waals surface area contributed by atoms with Gasteiger partial charge in [0.1, 0.15) is 5.82 Å². The Balaban J connectivity index is 1.78. The van der Waals surface area contributed by atoms with E-state index in [4.69, 9.17) is 5.11 Å². The van der Waals surface area contributed by atoms with Crippen molar-refractivity contribution in [2.75, 3.05) is 51.2 Å². The number of carbonyl (C=O) groups excluding carboxylic acids is 1. The van der Waals surface area contributed by atoms with Gasteiger partial charge in [0, 0.05) is 25.3 Å². The van der Waals surface area contributed by atoms with E-state index in [2.05, 4.69) is 15.1 Å². The van der Waals surface area contributed by atoms with Crippen LogP contribution in [0.5, 0.6) is 0 Å². The molecule has 2 rings (SSSR count). The monoisotopic (exact) mass is 295 g/mol. The van der Waals surface area contributed by atoms with Crippen LogP contribution in [0.4, 0.5) is 10.1 Å². The third-order valence-corrected chi connectivity index (χ3v) is 3.59. The predicted molar refractivity (Wildman–Crippen MR) is 79.6 cm³/mol. The van der Waals surface area contributed by atoms with Crippen LogP contribution >= 0.6 is 0 Å². The van der Waals surface area contributed by atoms with Gasteiger partial charge in [0.05, 0.1) is 13.2 Å². The molecule has 0 spiro atoms. The van der Waals surface area contributed by atoms with Crippen molar-refractivity contribution in [3.05, 3.63) is 30.1 Å². The van der Waals surface area contributed by atoms with Gasteiger partial charge < -0.3 is 10.4 Å². The minimum absolute atomic E-state index is 0.0859. The molecule has 1 heterocycles. The molecule has 1 aromatic carbocycles. The zero-order valence-electron chi connectivity index (χ0n) is 12.1. The van der Waals surface area contributed by atoms with Crippen LogP contribution < -0.4 is 5.32 Å². The SMILES string of the molecule is O=C(CN1CCCN(CCO)CC1)Nc1ccc(F)cc1. The molecule has 1 aliphatic heterocycles. The summed E-state index contributed by atoms with van der Waals surface area (Å²) in [6.07, 6.45) is 0.990. The lowest BCUT2D eigenvalue weighted by molar-refractivity contribution is -0.117. The molecule has 6 heteroatoms. The Hall–Kier alpha value is -1.50. The van der Waals surface area contributed by atoms with Crippen molar-refractivity contribution >= 4 is 11.6 Å². The van der Waals surface area contributed by atoms with E-state index in [0.717, 1.165) is 32.6 Å². The average molecular weight is 295 g/mol. The Kier molecular flexibility index (Phi) is 6.10. The quantitative estimate of drug-likeness (QED) is 0.842. The lowest BCUT2D eigenvalue weighted by Crippen LogP contribution is -2.36. The first-order chi connectivity index (χ1) is 10.2. The van der Waals surface area contributed by atoms with E-state index >= 15 is 0 Å². The molecular weight excluding hydrogens is 273 g/mol. The van der Waals surface area contributed by atoms with E-state index in [1.807, 2.05) is 0 Å². The molecule has 0 bridgehead atoms. The Bertz CT molecular complexity index is 453. The molecule has 116 valence electrons. The number of amides is 1. The van der Waals surface area contributed by atoms with Crippen LogP contribution in [-0.2, 0) is 4.79 Å². The highest BCUT2D eigenvalue weighted by Crippen LogP contribution is 2.09. The van der Waals surface area contributed by atoms with Gasteiger partial charge in [-0.2, -0.15) is 0 Å². The minimum atomic E-state index is -0.315. The number of rotatable bonds is 5. The summed E-state index contributed by atoms with van der Waals surface area (Å²) in [5.41, 5.74) is 0.609. The molecule has 1 aliphatic rings. The number of halogens is 1. The molecule has 1 aromatic rings. The van der Waals surface area contributed by atoms with Crippen molar-refractivity contribution in [1.82, 2.24) is 9.80 Å². The normalized spacial score (nSPS) is 17.4. The Morgan fingerprint density at radius 2 is 1.81 bits per heavy atom. The summed E-state index contributed by atoms with van der Waals surface area (Å²) in [4.78, 5) is 16.3. The van der Waals surface area contributed by atoms with E-state index in [1.54, 1.807) is 12.1 Å². The zero-order chi connectivity index (χ0) is 15.1. The maximum Gasteiger partial charge on any atom is 0.238 e. The minimum Gasteiger partial charge on any atom is -0.395 e. The molecule has 0 saturated carbocycles. The topological polar surface area (TPSA) is 55.8 Å². The number of nitrogens with one attached hydrogen (secondary N) is 1. The number of β-amino-alcohol motifs (C(OH)–C–C–N with tert-alkyl or cyclic N) is 1. The lowest BCUT2D eigenvalue weighted by atomic mass is 10.3. The molecule has 0 aliphatic carbocycles. The highest BCUT2D eigenvalue weighted by atomic mass is 19.1. The highest BCUT2D eigenvalue weighted by molar-refractivity contribution is 5.92. The summed E-state index contributed by atoms with van der Waals surface area (Å²) in [6, 6.07) is 5.76. The van der Waals surface area contributed by atoms with Crippen LogP contribution in [0.1, 0.15) is 6.42 Å². The fraction of sp³-hybridized carbons (Fsp3) is 0.533. The number of aliphatic hydroxyl groups is 1. The molecular formula is C15H22FN3O2. The van der Waals surface area contributed by atoms with Gasteiger partial charge in [0.25, 0.3) is 0 Å². The summed E-state index contributed by atoms with van der Waals surface area (Å²) in [6.45, 7) is 4.71. The van der Waals surface area contributed by atoms with Crippen molar-refractivity contribution in [2.45, 2.75) is 6.42 Å². The molecule has 5 nitrogen and oxygen atoms in total. The summed E-state index contributed by atoms with van der Waals surface area (Å²) in [5.74, 6) is -0.401.